The molecule has 0 spiro atoms. The van der Waals surface area contributed by atoms with Crippen LogP contribution in [0.1, 0.15) is 18.4 Å². The van der Waals surface area contributed by atoms with E-state index in [-0.39, 0.29) is 0 Å². The summed E-state index contributed by atoms with van der Waals surface area (Å²) in [6, 6.07) is 8.69. The summed E-state index contributed by atoms with van der Waals surface area (Å²) in [5, 5.41) is 0. The predicted molar refractivity (Wildman–Crippen MR) is 70.0 cm³/mol. The van der Waals surface area contributed by atoms with Crippen LogP contribution in [0.5, 0.6) is 0 Å². The first kappa shape index (κ1) is 9.49. The van der Waals surface area contributed by atoms with Crippen LogP contribution in [-0.4, -0.2) is 28.9 Å². The predicted octanol–water partition coefficient (Wildman–Crippen LogP) is 2.80. The largest absolute Gasteiger partial charge is 0.323 e. The average molecular weight is 224 g/mol. The van der Waals surface area contributed by atoms with Gasteiger partial charge in [0.25, 0.3) is 0 Å². The molecule has 0 amide bonds. The maximum atomic E-state index is 2.57. The lowest BCUT2D eigenvalue weighted by Gasteiger charge is -2.36. The Morgan fingerprint density at radius 1 is 1.06 bits per heavy atom. The van der Waals surface area contributed by atoms with Gasteiger partial charge in [-0.05, 0) is 42.2 Å². The summed E-state index contributed by atoms with van der Waals surface area (Å²) in [7, 11) is 0. The molecule has 0 unspecified atom stereocenters. The molecule has 1 saturated heterocycles. The molecule has 2 aromatic heterocycles. The minimum atomic E-state index is 1.16. The minimum Gasteiger partial charge on any atom is -0.323 e. The van der Waals surface area contributed by atoms with Gasteiger partial charge in [0.2, 0.25) is 0 Å². The molecular weight excluding hydrogens is 208 g/mol. The fraction of sp³-hybridized carbons (Fsp3) is 0.333. The van der Waals surface area contributed by atoms with E-state index in [1.54, 1.807) is 11.1 Å². The molecule has 0 atom stereocenters. The quantitative estimate of drug-likeness (QED) is 0.723. The van der Waals surface area contributed by atoms with Gasteiger partial charge in [0, 0.05) is 37.5 Å². The van der Waals surface area contributed by atoms with Crippen molar-refractivity contribution in [2.24, 2.45) is 0 Å². The van der Waals surface area contributed by atoms with E-state index < -0.39 is 0 Å². The Morgan fingerprint density at radius 2 is 1.94 bits per heavy atom. The van der Waals surface area contributed by atoms with Crippen molar-refractivity contribution >= 4 is 11.1 Å². The van der Waals surface area contributed by atoms with Crippen molar-refractivity contribution in [2.45, 2.75) is 12.8 Å². The van der Waals surface area contributed by atoms with Crippen molar-refractivity contribution < 1.29 is 0 Å². The Morgan fingerprint density at radius 3 is 2.65 bits per heavy atom. The van der Waals surface area contributed by atoms with Crippen LogP contribution < -0.4 is 0 Å². The lowest BCUT2D eigenvalue weighted by Crippen LogP contribution is -2.37. The van der Waals surface area contributed by atoms with Crippen LogP contribution in [0, 0.1) is 0 Å². The highest BCUT2D eigenvalue weighted by molar-refractivity contribution is 5.75. The fourth-order valence-corrected chi connectivity index (χ4v) is 3.13. The molecule has 86 valence electrons. The Kier molecular flexibility index (Phi) is 1.94. The highest BCUT2D eigenvalue weighted by Gasteiger charge is 2.25. The van der Waals surface area contributed by atoms with Crippen LogP contribution >= 0.6 is 0 Å². The topological polar surface area (TPSA) is 7.65 Å². The molecule has 3 aliphatic heterocycles. The second kappa shape index (κ2) is 3.47. The third-order valence-corrected chi connectivity index (χ3v) is 4.12. The van der Waals surface area contributed by atoms with E-state index >= 15 is 0 Å². The number of rotatable bonds is 1. The summed E-state index contributed by atoms with van der Waals surface area (Å²) in [6.45, 7) is 3.70. The maximum Gasteiger partial charge on any atom is 0.0456 e. The lowest BCUT2D eigenvalue weighted by atomic mass is 9.89. The minimum absolute atomic E-state index is 1.16. The molecule has 2 heteroatoms. The number of nitrogens with zero attached hydrogens (tertiary/aromatic N) is 2. The van der Waals surface area contributed by atoms with Gasteiger partial charge in [-0.25, -0.2) is 0 Å². The molecular formula is C15H16N2. The van der Waals surface area contributed by atoms with Gasteiger partial charge in [0.15, 0.2) is 0 Å². The second-order valence-corrected chi connectivity index (χ2v) is 5.12. The Bertz CT molecular complexity index is 563. The zero-order valence-corrected chi connectivity index (χ0v) is 9.89. The van der Waals surface area contributed by atoms with Crippen molar-refractivity contribution in [3.05, 3.63) is 47.8 Å². The van der Waals surface area contributed by atoms with Crippen LogP contribution in [0.25, 0.3) is 11.1 Å². The van der Waals surface area contributed by atoms with Crippen LogP contribution in [0.2, 0.25) is 0 Å². The number of hydrogen-bond donors (Lipinski definition) is 0. The van der Waals surface area contributed by atoms with Gasteiger partial charge in [-0.15, -0.1) is 0 Å². The van der Waals surface area contributed by atoms with E-state index in [1.807, 2.05) is 0 Å². The van der Waals surface area contributed by atoms with E-state index in [1.165, 1.54) is 37.0 Å². The first-order valence-corrected chi connectivity index (χ1v) is 6.40. The summed E-state index contributed by atoms with van der Waals surface area (Å²) in [5.74, 6) is 0. The molecule has 3 aliphatic rings. The summed E-state index contributed by atoms with van der Waals surface area (Å²) >= 11 is 0. The number of pyridine rings is 1. The Balaban J connectivity index is 1.86. The van der Waals surface area contributed by atoms with Crippen molar-refractivity contribution in [1.82, 2.24) is 9.30 Å². The van der Waals surface area contributed by atoms with E-state index in [9.17, 15) is 0 Å². The SMILES string of the molecule is c1ccn2cc(C3=C4CCN(CC4)C3)cc2c1. The molecule has 5 heterocycles. The van der Waals surface area contributed by atoms with Gasteiger partial charge in [-0.3, -0.25) is 4.90 Å². The van der Waals surface area contributed by atoms with Crippen LogP contribution in [-0.2, 0) is 0 Å². The molecule has 0 N–H and O–H groups in total. The van der Waals surface area contributed by atoms with Crippen molar-refractivity contribution in [3.8, 4) is 0 Å². The zero-order chi connectivity index (χ0) is 11.2. The van der Waals surface area contributed by atoms with Gasteiger partial charge in [0.1, 0.15) is 0 Å². The maximum absolute atomic E-state index is 2.57. The van der Waals surface area contributed by atoms with Gasteiger partial charge >= 0.3 is 0 Å². The molecule has 2 aromatic rings. The fourth-order valence-electron chi connectivity index (χ4n) is 3.13. The lowest BCUT2D eigenvalue weighted by molar-refractivity contribution is 0.269. The molecule has 0 radical (unpaired) electrons. The monoisotopic (exact) mass is 224 g/mol. The van der Waals surface area contributed by atoms with Gasteiger partial charge in [-0.2, -0.15) is 0 Å². The van der Waals surface area contributed by atoms with Crippen LogP contribution in [0.3, 0.4) is 0 Å². The average Bonchev–Trinajstić information content (AvgIpc) is 2.83. The smallest absolute Gasteiger partial charge is 0.0456 e. The normalized spacial score (nSPS) is 20.5. The number of piperidine rings is 1. The van der Waals surface area contributed by atoms with Crippen molar-refractivity contribution in [3.63, 3.8) is 0 Å². The van der Waals surface area contributed by atoms with E-state index in [4.69, 9.17) is 0 Å². The summed E-state index contributed by atoms with van der Waals surface area (Å²) in [4.78, 5) is 2.57. The van der Waals surface area contributed by atoms with Crippen LogP contribution in [0.15, 0.2) is 42.2 Å². The van der Waals surface area contributed by atoms with Gasteiger partial charge < -0.3 is 4.40 Å². The first-order valence-electron chi connectivity index (χ1n) is 6.40. The zero-order valence-electron chi connectivity index (χ0n) is 9.89. The molecule has 2 nitrogen and oxygen atoms in total. The Hall–Kier alpha value is -1.54. The molecule has 5 rings (SSSR count). The molecule has 0 aliphatic carbocycles. The van der Waals surface area contributed by atoms with Crippen molar-refractivity contribution in [2.75, 3.05) is 19.6 Å². The highest BCUT2D eigenvalue weighted by atomic mass is 15.1. The third-order valence-electron chi connectivity index (χ3n) is 4.12. The van der Waals surface area contributed by atoms with Crippen LogP contribution in [0.4, 0.5) is 0 Å². The molecule has 17 heavy (non-hydrogen) atoms. The summed E-state index contributed by atoms with van der Waals surface area (Å²) < 4.78 is 2.22. The van der Waals surface area contributed by atoms with E-state index in [0.29, 0.717) is 0 Å². The van der Waals surface area contributed by atoms with E-state index in [2.05, 4.69) is 46.0 Å². The molecule has 1 fully saturated rings. The number of fused-ring (bicyclic) bond motifs is 4. The van der Waals surface area contributed by atoms with Gasteiger partial charge in [-0.1, -0.05) is 11.6 Å². The third kappa shape index (κ3) is 1.44. The Labute approximate surface area is 101 Å². The highest BCUT2D eigenvalue weighted by Crippen LogP contribution is 2.33. The number of aromatic nitrogens is 1. The standard InChI is InChI=1S/C15H16N2/c1-2-6-17-10-13(9-14(17)3-1)15-11-16-7-4-12(15)5-8-16/h1-3,6,9-10H,4-5,7-8,11H2. The van der Waals surface area contributed by atoms with Gasteiger partial charge in [0.05, 0.1) is 0 Å². The van der Waals surface area contributed by atoms with E-state index in [0.717, 1.165) is 6.54 Å². The molecule has 0 saturated carbocycles. The molecule has 0 aromatic carbocycles. The number of hydrogen-bond acceptors (Lipinski definition) is 1. The summed E-state index contributed by atoms with van der Waals surface area (Å²) in [5.41, 5.74) is 6.01. The molecule has 2 bridgehead atoms. The summed E-state index contributed by atoms with van der Waals surface area (Å²) in [6.07, 6.45) is 6.97. The second-order valence-electron chi connectivity index (χ2n) is 5.12. The van der Waals surface area contributed by atoms with Crippen molar-refractivity contribution in [1.29, 1.82) is 0 Å². The first-order chi connectivity index (χ1) is 8.40.